The zero-order chi connectivity index (χ0) is 19.1. The quantitative estimate of drug-likeness (QED) is 0.360. The molecule has 0 fully saturated rings. The normalized spacial score (nSPS) is 12.0. The van der Waals surface area contributed by atoms with Crippen molar-refractivity contribution in [1.29, 1.82) is 0 Å². The van der Waals surface area contributed by atoms with E-state index in [-0.39, 0.29) is 5.95 Å². The van der Waals surface area contributed by atoms with Gasteiger partial charge in [-0.1, -0.05) is 6.07 Å². The number of rotatable bonds is 7. The van der Waals surface area contributed by atoms with Gasteiger partial charge in [0.2, 0.25) is 5.95 Å². The lowest BCUT2D eigenvalue weighted by atomic mass is 10.2. The number of nitrogens with two attached hydrogens (primary N) is 2. The summed E-state index contributed by atoms with van der Waals surface area (Å²) < 4.78 is 5.09. The fraction of sp³-hybridized carbons (Fsp3) is 0.176. The van der Waals surface area contributed by atoms with Crippen LogP contribution in [0.5, 0.6) is 0 Å². The summed E-state index contributed by atoms with van der Waals surface area (Å²) in [6.45, 7) is 0.823. The van der Waals surface area contributed by atoms with Crippen LogP contribution >= 0.6 is 11.3 Å². The highest BCUT2D eigenvalue weighted by molar-refractivity contribution is 7.13. The zero-order valence-corrected chi connectivity index (χ0v) is 15.4. The molecule has 0 amide bonds. The molecule has 138 valence electrons. The summed E-state index contributed by atoms with van der Waals surface area (Å²) in [7, 11) is 1.63. The number of hydrazone groups is 1. The Morgan fingerprint density at radius 2 is 2.11 bits per heavy atom. The van der Waals surface area contributed by atoms with E-state index in [1.807, 2.05) is 23.6 Å². The third-order valence-corrected chi connectivity index (χ3v) is 4.22. The molecule has 0 bridgehead atoms. The molecule has 0 spiro atoms. The van der Waals surface area contributed by atoms with Crippen molar-refractivity contribution in [2.75, 3.05) is 12.8 Å². The van der Waals surface area contributed by atoms with Gasteiger partial charge in [0.15, 0.2) is 0 Å². The van der Waals surface area contributed by atoms with Gasteiger partial charge in [0.1, 0.15) is 16.4 Å². The fourth-order valence-electron chi connectivity index (χ4n) is 2.29. The van der Waals surface area contributed by atoms with Crippen LogP contribution in [0.1, 0.15) is 17.1 Å². The van der Waals surface area contributed by atoms with Crippen LogP contribution in [0, 0.1) is 0 Å². The molecule has 0 saturated carbocycles. The number of pyridine rings is 1. The molecular formula is C17H18N8OS. The van der Waals surface area contributed by atoms with Crippen molar-refractivity contribution in [2.24, 2.45) is 15.9 Å². The van der Waals surface area contributed by atoms with Crippen LogP contribution < -0.4 is 11.6 Å². The lowest BCUT2D eigenvalue weighted by molar-refractivity contribution is 0.181. The standard InChI is InChI=1S/C17H18N8OS/c1-26-10-12-4-2-3-11(22-12)8-20-9-15(25-19)13-7-14(24-17(18)23-13)16-21-5-6-27-16/h2-7,9H,8,10,19H2,1H3,(H2,18,23,24)/b20-9?,25-15+. The van der Waals surface area contributed by atoms with E-state index in [1.54, 1.807) is 19.4 Å². The number of aromatic nitrogens is 4. The minimum Gasteiger partial charge on any atom is -0.378 e. The molecule has 3 aromatic rings. The molecular weight excluding hydrogens is 364 g/mol. The molecule has 0 aliphatic heterocycles. The monoisotopic (exact) mass is 382 g/mol. The highest BCUT2D eigenvalue weighted by Gasteiger charge is 2.10. The molecule has 4 N–H and O–H groups in total. The molecule has 3 aromatic heterocycles. The molecule has 3 heterocycles. The average Bonchev–Trinajstić information content (AvgIpc) is 3.20. The summed E-state index contributed by atoms with van der Waals surface area (Å²) in [6, 6.07) is 7.42. The zero-order valence-electron chi connectivity index (χ0n) is 14.6. The highest BCUT2D eigenvalue weighted by Crippen LogP contribution is 2.20. The second kappa shape index (κ2) is 8.92. The Morgan fingerprint density at radius 1 is 1.26 bits per heavy atom. The van der Waals surface area contributed by atoms with E-state index in [0.717, 1.165) is 16.4 Å². The number of thiazole rings is 1. The Labute approximate surface area is 159 Å². The molecule has 3 rings (SSSR count). The van der Waals surface area contributed by atoms with Crippen LogP contribution in [0.4, 0.5) is 5.95 Å². The van der Waals surface area contributed by atoms with E-state index in [4.69, 9.17) is 16.3 Å². The molecule has 9 nitrogen and oxygen atoms in total. The Bertz CT molecular complexity index is 955. The number of hydrogen-bond donors (Lipinski definition) is 2. The number of methoxy groups -OCH3 is 1. The maximum atomic E-state index is 5.82. The van der Waals surface area contributed by atoms with Crippen molar-refractivity contribution in [1.82, 2.24) is 19.9 Å². The van der Waals surface area contributed by atoms with Crippen molar-refractivity contribution in [3.05, 3.63) is 52.9 Å². The SMILES string of the molecule is COCc1cccc(CN=C/C(=N\N)c2cc(-c3nccs3)nc(N)n2)n1. The molecule has 0 aliphatic carbocycles. The summed E-state index contributed by atoms with van der Waals surface area (Å²) in [5.74, 6) is 5.63. The summed E-state index contributed by atoms with van der Waals surface area (Å²) in [5.41, 5.74) is 8.93. The third kappa shape index (κ3) is 4.90. The first-order valence-electron chi connectivity index (χ1n) is 7.96. The van der Waals surface area contributed by atoms with E-state index in [0.29, 0.717) is 30.3 Å². The second-order valence-corrected chi connectivity index (χ2v) is 6.27. The van der Waals surface area contributed by atoms with Crippen LogP contribution in [0.2, 0.25) is 0 Å². The van der Waals surface area contributed by atoms with Gasteiger partial charge in [0.05, 0.1) is 36.4 Å². The van der Waals surface area contributed by atoms with Crippen LogP contribution in [0.15, 0.2) is 45.9 Å². The minimum atomic E-state index is 0.112. The van der Waals surface area contributed by atoms with Crippen molar-refractivity contribution in [2.45, 2.75) is 13.2 Å². The Kier molecular flexibility index (Phi) is 6.13. The molecule has 0 aromatic carbocycles. The van der Waals surface area contributed by atoms with Crippen LogP contribution in [0.25, 0.3) is 10.7 Å². The average molecular weight is 382 g/mol. The Balaban J connectivity index is 1.78. The maximum absolute atomic E-state index is 5.82. The number of aliphatic imine (C=N–C) groups is 1. The Hall–Kier alpha value is -3.24. The Morgan fingerprint density at radius 3 is 2.85 bits per heavy atom. The molecule has 27 heavy (non-hydrogen) atoms. The summed E-state index contributed by atoms with van der Waals surface area (Å²) in [5, 5.41) is 6.36. The predicted octanol–water partition coefficient (Wildman–Crippen LogP) is 1.66. The highest BCUT2D eigenvalue weighted by atomic mass is 32.1. The largest absolute Gasteiger partial charge is 0.378 e. The summed E-state index contributed by atoms with van der Waals surface area (Å²) >= 11 is 1.45. The molecule has 0 saturated heterocycles. The smallest absolute Gasteiger partial charge is 0.221 e. The lowest BCUT2D eigenvalue weighted by Crippen LogP contribution is -2.11. The van der Waals surface area contributed by atoms with Crippen molar-refractivity contribution in [3.8, 4) is 10.7 Å². The molecule has 0 unspecified atom stereocenters. The molecule has 0 radical (unpaired) electrons. The van der Waals surface area contributed by atoms with Gasteiger partial charge in [0.25, 0.3) is 0 Å². The van der Waals surface area contributed by atoms with Crippen molar-refractivity contribution >= 4 is 29.2 Å². The predicted molar refractivity (Wildman–Crippen MR) is 105 cm³/mol. The number of ether oxygens (including phenoxy) is 1. The number of nitrogen functional groups attached to an aromatic ring is 1. The van der Waals surface area contributed by atoms with E-state index in [1.165, 1.54) is 17.6 Å². The van der Waals surface area contributed by atoms with E-state index in [9.17, 15) is 0 Å². The van der Waals surface area contributed by atoms with Crippen LogP contribution in [-0.4, -0.2) is 39.0 Å². The van der Waals surface area contributed by atoms with Gasteiger partial charge in [-0.3, -0.25) is 9.98 Å². The van der Waals surface area contributed by atoms with Gasteiger partial charge in [0, 0.05) is 18.7 Å². The van der Waals surface area contributed by atoms with Crippen LogP contribution in [-0.2, 0) is 17.9 Å². The van der Waals surface area contributed by atoms with Gasteiger partial charge in [-0.2, -0.15) is 5.10 Å². The second-order valence-electron chi connectivity index (χ2n) is 5.37. The van der Waals surface area contributed by atoms with Gasteiger partial charge in [-0.15, -0.1) is 11.3 Å². The summed E-state index contributed by atoms with van der Waals surface area (Å²) in [4.78, 5) is 21.4. The van der Waals surface area contributed by atoms with Gasteiger partial charge in [-0.25, -0.2) is 15.0 Å². The fourth-order valence-corrected chi connectivity index (χ4v) is 2.89. The van der Waals surface area contributed by atoms with E-state index >= 15 is 0 Å². The lowest BCUT2D eigenvalue weighted by Gasteiger charge is -2.04. The summed E-state index contributed by atoms with van der Waals surface area (Å²) in [6.07, 6.45) is 3.24. The number of hydrogen-bond acceptors (Lipinski definition) is 10. The maximum Gasteiger partial charge on any atom is 0.221 e. The van der Waals surface area contributed by atoms with Crippen LogP contribution in [0.3, 0.4) is 0 Å². The minimum absolute atomic E-state index is 0.112. The first-order valence-corrected chi connectivity index (χ1v) is 8.84. The van der Waals surface area contributed by atoms with Gasteiger partial charge < -0.3 is 16.3 Å². The number of anilines is 1. The topological polar surface area (TPSA) is 138 Å². The van der Waals surface area contributed by atoms with Gasteiger partial charge in [-0.05, 0) is 18.2 Å². The van der Waals surface area contributed by atoms with Crippen molar-refractivity contribution in [3.63, 3.8) is 0 Å². The number of nitrogens with zero attached hydrogens (tertiary/aromatic N) is 6. The third-order valence-electron chi connectivity index (χ3n) is 3.42. The van der Waals surface area contributed by atoms with E-state index in [2.05, 4.69) is 30.0 Å². The van der Waals surface area contributed by atoms with Crippen molar-refractivity contribution < 1.29 is 4.74 Å². The molecule has 0 atom stereocenters. The first-order chi connectivity index (χ1) is 13.2. The first kappa shape index (κ1) is 18.5. The molecule has 10 heteroatoms. The van der Waals surface area contributed by atoms with Gasteiger partial charge >= 0.3 is 0 Å². The molecule has 0 aliphatic rings. The van der Waals surface area contributed by atoms with E-state index < -0.39 is 0 Å².